The van der Waals surface area contributed by atoms with E-state index in [-0.39, 0.29) is 0 Å². The first-order valence-corrected chi connectivity index (χ1v) is 22.4. The molecule has 0 bridgehead atoms. The van der Waals surface area contributed by atoms with Gasteiger partial charge in [-0.05, 0) is 117 Å². The fourth-order valence-electron chi connectivity index (χ4n) is 9.82. The van der Waals surface area contributed by atoms with Gasteiger partial charge < -0.3 is 19.1 Å². The number of anilines is 5. The normalized spacial score (nSPS) is 11.6. The Hall–Kier alpha value is -8.86. The van der Waals surface area contributed by atoms with Crippen molar-refractivity contribution in [3.8, 4) is 33.4 Å². The predicted octanol–water partition coefficient (Wildman–Crippen LogP) is 18.0. The number of hydrogen-bond donors (Lipinski definition) is 1. The topological polar surface area (TPSA) is 41.6 Å². The van der Waals surface area contributed by atoms with Gasteiger partial charge in [-0.1, -0.05) is 158 Å². The number of fused-ring (bicyclic) bond motifs is 8. The lowest BCUT2D eigenvalue weighted by Gasteiger charge is -2.30. The van der Waals surface area contributed by atoms with Gasteiger partial charge in [0, 0.05) is 55.3 Å². The second-order valence-electron chi connectivity index (χ2n) is 17.0. The zero-order chi connectivity index (χ0) is 43.6. The van der Waals surface area contributed by atoms with Crippen LogP contribution >= 0.6 is 0 Å². The van der Waals surface area contributed by atoms with Crippen LogP contribution in [0.1, 0.15) is 0 Å². The lowest BCUT2D eigenvalue weighted by Crippen LogP contribution is -2.12. The molecule has 1 N–H and O–H groups in total. The summed E-state index contributed by atoms with van der Waals surface area (Å²) < 4.78 is 13.4. The Bertz CT molecular complexity index is 3880. The Kier molecular flexibility index (Phi) is 8.81. The molecule has 0 saturated carbocycles. The number of nitrogens with zero attached hydrogens (tertiary/aromatic N) is 1. The van der Waals surface area contributed by atoms with Crippen LogP contribution in [0.15, 0.2) is 245 Å². The van der Waals surface area contributed by atoms with E-state index in [1.807, 2.05) is 6.07 Å². The van der Waals surface area contributed by atoms with Crippen LogP contribution < -0.4 is 10.2 Å². The third kappa shape index (κ3) is 6.46. The number of para-hydroxylation sites is 3. The fourth-order valence-corrected chi connectivity index (χ4v) is 9.82. The maximum atomic E-state index is 6.75. The van der Waals surface area contributed by atoms with Crippen LogP contribution in [0.4, 0.5) is 28.4 Å². The second-order valence-corrected chi connectivity index (χ2v) is 17.0. The van der Waals surface area contributed by atoms with Crippen molar-refractivity contribution in [2.75, 3.05) is 10.2 Å². The van der Waals surface area contributed by atoms with E-state index < -0.39 is 0 Å². The summed E-state index contributed by atoms with van der Waals surface area (Å²) >= 11 is 0. The van der Waals surface area contributed by atoms with E-state index in [0.29, 0.717) is 0 Å². The molecule has 4 nitrogen and oxygen atoms in total. The van der Waals surface area contributed by atoms with Gasteiger partial charge in [-0.2, -0.15) is 0 Å². The van der Waals surface area contributed by atoms with E-state index in [4.69, 9.17) is 8.83 Å². The minimum Gasteiger partial charge on any atom is -0.456 e. The lowest BCUT2D eigenvalue weighted by molar-refractivity contribution is 0.664. The quantitative estimate of drug-likeness (QED) is 0.165. The number of nitrogens with one attached hydrogen (secondary N) is 1. The molecule has 0 amide bonds. The molecule has 13 aromatic rings. The highest BCUT2D eigenvalue weighted by Gasteiger charge is 2.22. The van der Waals surface area contributed by atoms with Gasteiger partial charge in [0.2, 0.25) is 0 Å². The smallest absolute Gasteiger partial charge is 0.136 e. The fraction of sp³-hybridized carbons (Fsp3) is 0. The maximum absolute atomic E-state index is 6.75. The summed E-state index contributed by atoms with van der Waals surface area (Å²) in [6.07, 6.45) is 0. The molecule has 0 spiro atoms. The molecule has 0 saturated heterocycles. The minimum atomic E-state index is 0.836. The van der Waals surface area contributed by atoms with E-state index >= 15 is 0 Å². The van der Waals surface area contributed by atoms with E-state index in [2.05, 4.69) is 241 Å². The number of rotatable bonds is 8. The van der Waals surface area contributed by atoms with E-state index in [1.165, 1.54) is 5.56 Å². The monoisotopic (exact) mass is 844 g/mol. The average Bonchev–Trinajstić information content (AvgIpc) is 3.91. The molecule has 0 fully saturated rings. The summed E-state index contributed by atoms with van der Waals surface area (Å²) in [4.78, 5) is 2.40. The van der Waals surface area contributed by atoms with Crippen LogP contribution in [0.3, 0.4) is 0 Å². The Morgan fingerprint density at radius 2 is 0.727 bits per heavy atom. The summed E-state index contributed by atoms with van der Waals surface area (Å²) in [5, 5.41) is 12.4. The van der Waals surface area contributed by atoms with Gasteiger partial charge in [0.25, 0.3) is 0 Å². The van der Waals surface area contributed by atoms with Crippen LogP contribution in [-0.2, 0) is 0 Å². The van der Waals surface area contributed by atoms with Crippen LogP contribution in [0, 0.1) is 0 Å². The number of hydrogen-bond acceptors (Lipinski definition) is 4. The van der Waals surface area contributed by atoms with Crippen molar-refractivity contribution < 1.29 is 8.83 Å². The lowest BCUT2D eigenvalue weighted by atomic mass is 9.98. The van der Waals surface area contributed by atoms with Crippen molar-refractivity contribution in [1.29, 1.82) is 0 Å². The molecule has 0 aliphatic carbocycles. The molecule has 0 radical (unpaired) electrons. The molecule has 2 aromatic heterocycles. The summed E-state index contributed by atoms with van der Waals surface area (Å²) in [5.41, 5.74) is 15.7. The van der Waals surface area contributed by atoms with Gasteiger partial charge in [-0.25, -0.2) is 0 Å². The number of benzene rings is 11. The zero-order valence-corrected chi connectivity index (χ0v) is 35.8. The molecular weight excluding hydrogens is 805 g/mol. The third-order valence-corrected chi connectivity index (χ3v) is 13.0. The third-order valence-electron chi connectivity index (χ3n) is 13.0. The van der Waals surface area contributed by atoms with Crippen LogP contribution in [0.25, 0.3) is 98.8 Å². The van der Waals surface area contributed by atoms with Gasteiger partial charge in [0.15, 0.2) is 0 Å². The molecule has 0 unspecified atom stereocenters. The van der Waals surface area contributed by atoms with Crippen molar-refractivity contribution in [3.05, 3.63) is 237 Å². The molecule has 4 heteroatoms. The minimum absolute atomic E-state index is 0.836. The highest BCUT2D eigenvalue weighted by molar-refractivity contribution is 6.18. The Morgan fingerprint density at radius 1 is 0.303 bits per heavy atom. The Labute approximate surface area is 381 Å². The molecule has 13 rings (SSSR count). The van der Waals surface area contributed by atoms with Crippen LogP contribution in [0.5, 0.6) is 0 Å². The van der Waals surface area contributed by atoms with Crippen molar-refractivity contribution in [3.63, 3.8) is 0 Å². The van der Waals surface area contributed by atoms with Crippen molar-refractivity contribution >= 4 is 93.9 Å². The first kappa shape index (κ1) is 37.7. The summed E-state index contributed by atoms with van der Waals surface area (Å²) in [7, 11) is 0. The highest BCUT2D eigenvalue weighted by Crippen LogP contribution is 2.46. The Balaban J connectivity index is 0.900. The molecular formula is C62H40N2O2. The van der Waals surface area contributed by atoms with Crippen LogP contribution in [-0.4, -0.2) is 0 Å². The first-order chi connectivity index (χ1) is 32.7. The largest absolute Gasteiger partial charge is 0.456 e. The van der Waals surface area contributed by atoms with Gasteiger partial charge in [-0.15, -0.1) is 0 Å². The molecule has 11 aromatic carbocycles. The van der Waals surface area contributed by atoms with Crippen molar-refractivity contribution in [2.45, 2.75) is 0 Å². The van der Waals surface area contributed by atoms with Gasteiger partial charge in [0.1, 0.15) is 22.3 Å². The van der Waals surface area contributed by atoms with Crippen LogP contribution in [0.2, 0.25) is 0 Å². The van der Waals surface area contributed by atoms with Gasteiger partial charge >= 0.3 is 0 Å². The van der Waals surface area contributed by atoms with Gasteiger partial charge in [0.05, 0.1) is 11.4 Å². The average molecular weight is 845 g/mol. The molecule has 0 aliphatic heterocycles. The summed E-state index contributed by atoms with van der Waals surface area (Å²) in [6.45, 7) is 0. The first-order valence-electron chi connectivity index (χ1n) is 22.4. The second kappa shape index (κ2) is 15.4. The summed E-state index contributed by atoms with van der Waals surface area (Å²) in [5.74, 6) is 0. The molecule has 0 aliphatic rings. The molecule has 310 valence electrons. The SMILES string of the molecule is c1ccc(-c2ccccc2Nc2ccc3cc4c(cc3c2)oc2cc3c(cc24)oc2cc4cc(N(c5ccccc5-c5ccccc5)c5ccccc5-c5ccccc5)ccc4cc23)cc1. The van der Waals surface area contributed by atoms with Crippen molar-refractivity contribution in [2.24, 2.45) is 0 Å². The summed E-state index contributed by atoms with van der Waals surface area (Å²) in [6, 6.07) is 84.0. The van der Waals surface area contributed by atoms with E-state index in [9.17, 15) is 0 Å². The number of furan rings is 2. The standard InChI is InChI=1S/C62H40N2O2/c1-4-16-40(17-5-1)49-22-10-13-25-56(49)63-47-30-28-43-34-52-54-38-62-55(39-61(54)65-59(52)36-45(43)32-47)53-35-44-29-31-48(33-46(44)37-60(53)66-62)64(57-26-14-11-23-50(57)41-18-6-2-7-19-41)58-27-15-12-24-51(58)42-20-8-3-9-21-42/h1-39,63H. The zero-order valence-electron chi connectivity index (χ0n) is 35.8. The molecule has 2 heterocycles. The Morgan fingerprint density at radius 3 is 1.29 bits per heavy atom. The van der Waals surface area contributed by atoms with E-state index in [0.717, 1.165) is 122 Å². The molecule has 66 heavy (non-hydrogen) atoms. The van der Waals surface area contributed by atoms with E-state index in [1.54, 1.807) is 0 Å². The maximum Gasteiger partial charge on any atom is 0.136 e. The molecule has 0 atom stereocenters. The van der Waals surface area contributed by atoms with Gasteiger partial charge in [-0.3, -0.25) is 0 Å². The predicted molar refractivity (Wildman–Crippen MR) is 277 cm³/mol. The van der Waals surface area contributed by atoms with Crippen molar-refractivity contribution in [1.82, 2.24) is 0 Å². The highest BCUT2D eigenvalue weighted by atomic mass is 16.3.